The molecule has 0 aliphatic rings. The summed E-state index contributed by atoms with van der Waals surface area (Å²) in [5.74, 6) is 0.859. The van der Waals surface area contributed by atoms with Crippen LogP contribution in [-0.4, -0.2) is 11.0 Å². The molecule has 0 saturated carbocycles. The Bertz CT molecular complexity index is 797. The Balaban J connectivity index is 1.89. The fraction of sp³-hybridized carbons (Fsp3) is 0.250. The van der Waals surface area contributed by atoms with Gasteiger partial charge in [0.1, 0.15) is 12.4 Å². The highest BCUT2D eigenvalue weighted by molar-refractivity contribution is 5.84. The first-order valence-electron chi connectivity index (χ1n) is 7.94. The number of benzene rings is 2. The molecular formula is C20H22N2O. The van der Waals surface area contributed by atoms with E-state index in [9.17, 15) is 0 Å². The van der Waals surface area contributed by atoms with Crippen molar-refractivity contribution in [3.05, 3.63) is 71.4 Å². The molecule has 0 amide bonds. The zero-order valence-electron chi connectivity index (χ0n) is 13.6. The maximum atomic E-state index is 5.99. The van der Waals surface area contributed by atoms with Crippen LogP contribution in [-0.2, 0) is 13.0 Å². The molecule has 2 aromatic carbocycles. The minimum atomic E-state index is 0.119. The Labute approximate surface area is 137 Å². The van der Waals surface area contributed by atoms with Crippen LogP contribution in [0.2, 0.25) is 0 Å². The van der Waals surface area contributed by atoms with Crippen molar-refractivity contribution in [1.29, 1.82) is 0 Å². The van der Waals surface area contributed by atoms with Crippen molar-refractivity contribution in [1.82, 2.24) is 4.98 Å². The molecule has 2 N–H and O–H groups in total. The smallest absolute Gasteiger partial charge is 0.120 e. The lowest BCUT2D eigenvalue weighted by atomic mass is 10.0. The van der Waals surface area contributed by atoms with E-state index in [1.165, 1.54) is 5.56 Å². The zero-order valence-corrected chi connectivity index (χ0v) is 13.6. The molecule has 118 valence electrons. The van der Waals surface area contributed by atoms with Gasteiger partial charge in [0, 0.05) is 17.1 Å². The zero-order chi connectivity index (χ0) is 16.2. The molecule has 3 rings (SSSR count). The van der Waals surface area contributed by atoms with E-state index in [1.54, 1.807) is 0 Å². The molecule has 0 spiro atoms. The van der Waals surface area contributed by atoms with E-state index in [2.05, 4.69) is 29.2 Å². The molecule has 3 aromatic rings. The van der Waals surface area contributed by atoms with Gasteiger partial charge in [-0.05, 0) is 55.7 Å². The van der Waals surface area contributed by atoms with Gasteiger partial charge in [-0.15, -0.1) is 0 Å². The molecule has 0 aliphatic heterocycles. The summed E-state index contributed by atoms with van der Waals surface area (Å²) in [5, 5.41) is 1.12. The van der Waals surface area contributed by atoms with Gasteiger partial charge in [-0.3, -0.25) is 4.98 Å². The van der Waals surface area contributed by atoms with Crippen molar-refractivity contribution in [2.75, 3.05) is 0 Å². The molecule has 0 saturated heterocycles. The minimum Gasteiger partial charge on any atom is -0.489 e. The van der Waals surface area contributed by atoms with Gasteiger partial charge in [0.15, 0.2) is 0 Å². The van der Waals surface area contributed by atoms with Crippen molar-refractivity contribution >= 4 is 10.9 Å². The van der Waals surface area contributed by atoms with Crippen LogP contribution in [0, 0.1) is 6.92 Å². The first-order chi connectivity index (χ1) is 11.1. The van der Waals surface area contributed by atoms with Crippen LogP contribution in [0.4, 0.5) is 0 Å². The van der Waals surface area contributed by atoms with Gasteiger partial charge in [-0.2, -0.15) is 0 Å². The third kappa shape index (κ3) is 3.88. The van der Waals surface area contributed by atoms with E-state index in [0.717, 1.165) is 34.3 Å². The highest BCUT2D eigenvalue weighted by atomic mass is 16.5. The van der Waals surface area contributed by atoms with Crippen LogP contribution in [0.1, 0.15) is 23.7 Å². The summed E-state index contributed by atoms with van der Waals surface area (Å²) in [5.41, 5.74) is 10.4. The third-order valence-corrected chi connectivity index (χ3v) is 3.78. The minimum absolute atomic E-state index is 0.119. The van der Waals surface area contributed by atoms with E-state index >= 15 is 0 Å². The van der Waals surface area contributed by atoms with Crippen molar-refractivity contribution in [3.63, 3.8) is 0 Å². The Kier molecular flexibility index (Phi) is 4.58. The maximum Gasteiger partial charge on any atom is 0.120 e. The summed E-state index contributed by atoms with van der Waals surface area (Å²) < 4.78 is 5.93. The van der Waals surface area contributed by atoms with Crippen LogP contribution in [0.15, 0.2) is 54.6 Å². The molecule has 23 heavy (non-hydrogen) atoms. The van der Waals surface area contributed by atoms with Gasteiger partial charge >= 0.3 is 0 Å². The Morgan fingerprint density at radius 3 is 2.61 bits per heavy atom. The van der Waals surface area contributed by atoms with E-state index in [0.29, 0.717) is 6.61 Å². The summed E-state index contributed by atoms with van der Waals surface area (Å²) in [6.07, 6.45) is 0.835. The number of rotatable bonds is 5. The Morgan fingerprint density at radius 2 is 1.87 bits per heavy atom. The SMILES string of the molecule is Cc1cc(CC(C)N)c2cc(OCc3ccccc3)ccc2n1. The number of hydrogen-bond donors (Lipinski definition) is 1. The second-order valence-corrected chi connectivity index (χ2v) is 6.06. The van der Waals surface area contributed by atoms with Crippen LogP contribution in [0.25, 0.3) is 10.9 Å². The van der Waals surface area contributed by atoms with Crippen LogP contribution in [0.3, 0.4) is 0 Å². The van der Waals surface area contributed by atoms with Gasteiger partial charge in [0.2, 0.25) is 0 Å². The molecule has 1 heterocycles. The fourth-order valence-corrected chi connectivity index (χ4v) is 2.77. The van der Waals surface area contributed by atoms with E-state index in [1.807, 2.05) is 44.2 Å². The number of ether oxygens (including phenoxy) is 1. The number of aromatic nitrogens is 1. The van der Waals surface area contributed by atoms with E-state index in [-0.39, 0.29) is 6.04 Å². The summed E-state index contributed by atoms with van der Waals surface area (Å²) in [4.78, 5) is 4.61. The molecule has 1 atom stereocenters. The van der Waals surface area contributed by atoms with Crippen molar-refractivity contribution in [2.45, 2.75) is 32.9 Å². The molecule has 0 radical (unpaired) electrons. The van der Waals surface area contributed by atoms with Crippen LogP contribution in [0.5, 0.6) is 5.75 Å². The number of nitrogens with two attached hydrogens (primary N) is 1. The molecule has 1 unspecified atom stereocenters. The van der Waals surface area contributed by atoms with Crippen molar-refractivity contribution < 1.29 is 4.74 Å². The van der Waals surface area contributed by atoms with Crippen molar-refractivity contribution in [3.8, 4) is 5.75 Å². The highest BCUT2D eigenvalue weighted by Crippen LogP contribution is 2.25. The maximum absolute atomic E-state index is 5.99. The largest absolute Gasteiger partial charge is 0.489 e. The lowest BCUT2D eigenvalue weighted by Crippen LogP contribution is -2.18. The molecule has 0 bridgehead atoms. The standard InChI is InChI=1S/C20H22N2O/c1-14(21)10-17-11-15(2)22-20-9-8-18(12-19(17)20)23-13-16-6-4-3-5-7-16/h3-9,11-12,14H,10,13,21H2,1-2H3. The van der Waals surface area contributed by atoms with Gasteiger partial charge < -0.3 is 10.5 Å². The van der Waals surface area contributed by atoms with E-state index < -0.39 is 0 Å². The Hall–Kier alpha value is -2.39. The summed E-state index contributed by atoms with van der Waals surface area (Å²) in [6.45, 7) is 4.61. The molecular weight excluding hydrogens is 284 g/mol. The molecule has 0 fully saturated rings. The number of fused-ring (bicyclic) bond motifs is 1. The second-order valence-electron chi connectivity index (χ2n) is 6.06. The van der Waals surface area contributed by atoms with Crippen LogP contribution >= 0.6 is 0 Å². The van der Waals surface area contributed by atoms with Gasteiger partial charge in [-0.1, -0.05) is 30.3 Å². The first-order valence-corrected chi connectivity index (χ1v) is 7.94. The number of hydrogen-bond acceptors (Lipinski definition) is 3. The number of aryl methyl sites for hydroxylation is 1. The van der Waals surface area contributed by atoms with Crippen molar-refractivity contribution in [2.24, 2.45) is 5.73 Å². The average molecular weight is 306 g/mol. The lowest BCUT2D eigenvalue weighted by molar-refractivity contribution is 0.306. The Morgan fingerprint density at radius 1 is 1.09 bits per heavy atom. The summed E-state index contributed by atoms with van der Waals surface area (Å²) in [6, 6.07) is 18.5. The first kappa shape index (κ1) is 15.5. The predicted octanol–water partition coefficient (Wildman–Crippen LogP) is 4.01. The topological polar surface area (TPSA) is 48.1 Å². The average Bonchev–Trinajstić information content (AvgIpc) is 2.53. The fourth-order valence-electron chi connectivity index (χ4n) is 2.77. The number of pyridine rings is 1. The monoisotopic (exact) mass is 306 g/mol. The van der Waals surface area contributed by atoms with Gasteiger partial charge in [0.25, 0.3) is 0 Å². The normalized spacial score (nSPS) is 12.3. The summed E-state index contributed by atoms with van der Waals surface area (Å²) in [7, 11) is 0. The molecule has 3 heteroatoms. The molecule has 0 aliphatic carbocycles. The molecule has 3 nitrogen and oxygen atoms in total. The predicted molar refractivity (Wildman–Crippen MR) is 94.6 cm³/mol. The number of nitrogens with zero attached hydrogens (tertiary/aromatic N) is 1. The summed E-state index contributed by atoms with van der Waals surface area (Å²) >= 11 is 0. The van der Waals surface area contributed by atoms with Gasteiger partial charge in [-0.25, -0.2) is 0 Å². The van der Waals surface area contributed by atoms with Crippen LogP contribution < -0.4 is 10.5 Å². The van der Waals surface area contributed by atoms with Gasteiger partial charge in [0.05, 0.1) is 5.52 Å². The lowest BCUT2D eigenvalue weighted by Gasteiger charge is -2.12. The molecule has 1 aromatic heterocycles. The van der Waals surface area contributed by atoms with E-state index in [4.69, 9.17) is 10.5 Å². The highest BCUT2D eigenvalue weighted by Gasteiger charge is 2.08. The quantitative estimate of drug-likeness (QED) is 0.774. The third-order valence-electron chi connectivity index (χ3n) is 3.78. The second kappa shape index (κ2) is 6.80.